The second-order valence-electron chi connectivity index (χ2n) is 3.15. The molecule has 1 atom stereocenters. The molecule has 9 heavy (non-hydrogen) atoms. The van der Waals surface area contributed by atoms with Crippen LogP contribution < -0.4 is 0 Å². The van der Waals surface area contributed by atoms with Crippen LogP contribution in [0.1, 0.15) is 12.8 Å². The van der Waals surface area contributed by atoms with E-state index in [1.807, 2.05) is 0 Å². The van der Waals surface area contributed by atoms with Gasteiger partial charge in [-0.05, 0) is 31.8 Å². The van der Waals surface area contributed by atoms with Gasteiger partial charge in [0.15, 0.2) is 0 Å². The van der Waals surface area contributed by atoms with Crippen LogP contribution in [-0.4, -0.2) is 28.5 Å². The first-order valence-electron chi connectivity index (χ1n) is 3.72. The average molecular weight is 237 g/mol. The Labute approximate surface area is 69.9 Å². The normalized spacial score (nSPS) is 49.7. The minimum Gasteiger partial charge on any atom is -0.302 e. The van der Waals surface area contributed by atoms with Gasteiger partial charge in [-0.1, -0.05) is 22.6 Å². The van der Waals surface area contributed by atoms with E-state index in [0.29, 0.717) is 0 Å². The van der Waals surface area contributed by atoms with Gasteiger partial charge >= 0.3 is 0 Å². The van der Waals surface area contributed by atoms with Gasteiger partial charge in [0.25, 0.3) is 0 Å². The predicted molar refractivity (Wildman–Crippen MR) is 47.0 cm³/mol. The fourth-order valence-electron chi connectivity index (χ4n) is 1.89. The summed E-state index contributed by atoms with van der Waals surface area (Å²) in [6.45, 7) is 4.12. The van der Waals surface area contributed by atoms with Gasteiger partial charge in [0, 0.05) is 10.5 Å². The van der Waals surface area contributed by atoms with Crippen LogP contribution in [0.4, 0.5) is 0 Å². The molecule has 3 fully saturated rings. The van der Waals surface area contributed by atoms with Gasteiger partial charge in [-0.2, -0.15) is 0 Å². The van der Waals surface area contributed by atoms with Crippen molar-refractivity contribution in [3.8, 4) is 0 Å². The number of hydrogen-bond donors (Lipinski definition) is 0. The van der Waals surface area contributed by atoms with Crippen molar-refractivity contribution in [2.75, 3.05) is 19.6 Å². The molecule has 0 aliphatic carbocycles. The maximum atomic E-state index is 2.61. The van der Waals surface area contributed by atoms with Crippen LogP contribution >= 0.6 is 22.6 Å². The number of rotatable bonds is 0. The third-order valence-electron chi connectivity index (χ3n) is 2.58. The molecule has 52 valence electrons. The molecule has 0 N–H and O–H groups in total. The van der Waals surface area contributed by atoms with Crippen molar-refractivity contribution in [3.05, 3.63) is 0 Å². The number of nitrogens with zero attached hydrogens (tertiary/aromatic N) is 1. The highest BCUT2D eigenvalue weighted by Gasteiger charge is 2.31. The Morgan fingerprint density at radius 1 is 1.22 bits per heavy atom. The van der Waals surface area contributed by atoms with Crippen LogP contribution in [0.25, 0.3) is 0 Å². The fraction of sp³-hybridized carbons (Fsp3) is 1.00. The van der Waals surface area contributed by atoms with E-state index >= 15 is 0 Å². The van der Waals surface area contributed by atoms with E-state index in [0.717, 1.165) is 9.84 Å². The fourth-order valence-corrected chi connectivity index (χ4v) is 3.17. The Balaban J connectivity index is 2.06. The van der Waals surface area contributed by atoms with Crippen molar-refractivity contribution >= 4 is 22.6 Å². The van der Waals surface area contributed by atoms with Crippen LogP contribution in [0, 0.1) is 5.92 Å². The molecule has 0 aromatic carbocycles. The van der Waals surface area contributed by atoms with Crippen molar-refractivity contribution in [1.82, 2.24) is 4.90 Å². The summed E-state index contributed by atoms with van der Waals surface area (Å²) in [7, 11) is 0. The lowest BCUT2D eigenvalue weighted by Crippen LogP contribution is -2.47. The first-order valence-corrected chi connectivity index (χ1v) is 4.97. The van der Waals surface area contributed by atoms with E-state index in [4.69, 9.17) is 0 Å². The van der Waals surface area contributed by atoms with Gasteiger partial charge < -0.3 is 4.90 Å². The molecule has 0 aromatic heterocycles. The molecule has 3 aliphatic heterocycles. The van der Waals surface area contributed by atoms with Gasteiger partial charge in [-0.15, -0.1) is 0 Å². The Bertz CT molecular complexity index is 107. The highest BCUT2D eigenvalue weighted by atomic mass is 127. The molecule has 0 amide bonds. The Morgan fingerprint density at radius 2 is 1.89 bits per heavy atom. The summed E-state index contributed by atoms with van der Waals surface area (Å²) in [4.78, 5) is 2.59. The zero-order valence-corrected chi connectivity index (χ0v) is 7.67. The van der Waals surface area contributed by atoms with Gasteiger partial charge in [-0.25, -0.2) is 0 Å². The van der Waals surface area contributed by atoms with Crippen LogP contribution in [-0.2, 0) is 0 Å². The van der Waals surface area contributed by atoms with E-state index in [1.165, 1.54) is 32.5 Å². The van der Waals surface area contributed by atoms with E-state index in [2.05, 4.69) is 27.5 Å². The molecule has 0 unspecified atom stereocenters. The molecule has 0 aromatic rings. The molecule has 3 saturated heterocycles. The SMILES string of the molecule is I[C@@H]1CN2CCC1CC2. The van der Waals surface area contributed by atoms with Crippen LogP contribution in [0.2, 0.25) is 0 Å². The molecule has 0 radical (unpaired) electrons. The summed E-state index contributed by atoms with van der Waals surface area (Å²) in [5, 5.41) is 0. The molecule has 1 nitrogen and oxygen atoms in total. The van der Waals surface area contributed by atoms with Crippen LogP contribution in [0.15, 0.2) is 0 Å². The number of hydrogen-bond acceptors (Lipinski definition) is 1. The van der Waals surface area contributed by atoms with Crippen molar-refractivity contribution in [3.63, 3.8) is 0 Å². The first kappa shape index (κ1) is 6.40. The van der Waals surface area contributed by atoms with Gasteiger partial charge in [0.2, 0.25) is 0 Å². The summed E-state index contributed by atoms with van der Waals surface area (Å²) in [6.07, 6.45) is 2.93. The summed E-state index contributed by atoms with van der Waals surface area (Å²) >= 11 is 2.61. The molecule has 2 bridgehead atoms. The molecular formula is C7H12IN. The maximum Gasteiger partial charge on any atom is 0.0266 e. The second-order valence-corrected chi connectivity index (χ2v) is 4.75. The molecule has 3 heterocycles. The quantitative estimate of drug-likeness (QED) is 0.456. The van der Waals surface area contributed by atoms with Gasteiger partial charge in [-0.3, -0.25) is 0 Å². The molecule has 0 spiro atoms. The third-order valence-corrected chi connectivity index (χ3v) is 3.99. The van der Waals surface area contributed by atoms with Crippen molar-refractivity contribution in [2.45, 2.75) is 16.8 Å². The topological polar surface area (TPSA) is 3.24 Å². The Hall–Kier alpha value is 0.690. The van der Waals surface area contributed by atoms with Gasteiger partial charge in [0.05, 0.1) is 0 Å². The number of halogens is 1. The van der Waals surface area contributed by atoms with Crippen LogP contribution in [0.5, 0.6) is 0 Å². The van der Waals surface area contributed by atoms with E-state index in [9.17, 15) is 0 Å². The van der Waals surface area contributed by atoms with Crippen molar-refractivity contribution in [1.29, 1.82) is 0 Å². The minimum absolute atomic E-state index is 0.963. The summed E-state index contributed by atoms with van der Waals surface area (Å²) in [5.74, 6) is 1.07. The van der Waals surface area contributed by atoms with Gasteiger partial charge in [0.1, 0.15) is 0 Å². The largest absolute Gasteiger partial charge is 0.302 e. The standard InChI is InChI=1S/C7H12IN/c8-7-5-9-3-1-6(7)2-4-9/h6-7H,1-5H2/t7-/m1/s1. The third kappa shape index (κ3) is 1.11. The summed E-state index contributed by atoms with van der Waals surface area (Å²) in [6, 6.07) is 0. The van der Waals surface area contributed by atoms with E-state index < -0.39 is 0 Å². The highest BCUT2D eigenvalue weighted by molar-refractivity contribution is 14.1. The number of fused-ring (bicyclic) bond motifs is 3. The smallest absolute Gasteiger partial charge is 0.0266 e. The van der Waals surface area contributed by atoms with E-state index in [-0.39, 0.29) is 0 Å². The molecule has 3 aliphatic rings. The van der Waals surface area contributed by atoms with Crippen LogP contribution in [0.3, 0.4) is 0 Å². The second kappa shape index (κ2) is 2.38. The van der Waals surface area contributed by atoms with Crippen molar-refractivity contribution < 1.29 is 0 Å². The zero-order chi connectivity index (χ0) is 6.27. The Kier molecular flexibility index (Phi) is 1.69. The number of piperidine rings is 3. The molecule has 3 rings (SSSR count). The molecule has 0 saturated carbocycles. The molecule has 2 heteroatoms. The maximum absolute atomic E-state index is 2.61. The molecular weight excluding hydrogens is 225 g/mol. The predicted octanol–water partition coefficient (Wildman–Crippen LogP) is 1.52. The summed E-state index contributed by atoms with van der Waals surface area (Å²) in [5.41, 5.74) is 0. The number of alkyl halides is 1. The lowest BCUT2D eigenvalue weighted by molar-refractivity contribution is 0.123. The summed E-state index contributed by atoms with van der Waals surface area (Å²) < 4.78 is 0.963. The average Bonchev–Trinajstić information content (AvgIpc) is 1.90. The monoisotopic (exact) mass is 237 g/mol. The van der Waals surface area contributed by atoms with Crippen molar-refractivity contribution in [2.24, 2.45) is 5.92 Å². The van der Waals surface area contributed by atoms with E-state index in [1.54, 1.807) is 0 Å². The highest BCUT2D eigenvalue weighted by Crippen LogP contribution is 2.31. The Morgan fingerprint density at radius 3 is 2.11 bits per heavy atom. The zero-order valence-electron chi connectivity index (χ0n) is 5.52. The minimum atomic E-state index is 0.963. The first-order chi connectivity index (χ1) is 4.36. The lowest BCUT2D eigenvalue weighted by Gasteiger charge is -2.42. The lowest BCUT2D eigenvalue weighted by atomic mass is 9.88.